The number of hydrogen-bond acceptors (Lipinski definition) is 4. The topological polar surface area (TPSA) is 64.5 Å². The molecule has 0 heterocycles. The van der Waals surface area contributed by atoms with Gasteiger partial charge in [-0.3, -0.25) is 0 Å². The second-order valence-corrected chi connectivity index (χ2v) is 3.33. The first kappa shape index (κ1) is 11.8. The molecule has 4 heteroatoms. The van der Waals surface area contributed by atoms with Crippen LogP contribution in [-0.2, 0) is 0 Å². The maximum absolute atomic E-state index is 8.69. The van der Waals surface area contributed by atoms with Gasteiger partial charge in [-0.15, -0.1) is 0 Å². The molecule has 0 aliphatic carbocycles. The van der Waals surface area contributed by atoms with Crippen molar-refractivity contribution in [1.82, 2.24) is 0 Å². The number of hydrogen-bond donors (Lipinski definition) is 4. The first-order chi connectivity index (χ1) is 7.27. The second-order valence-electron chi connectivity index (χ2n) is 3.33. The van der Waals surface area contributed by atoms with E-state index in [2.05, 4.69) is 10.6 Å². The lowest BCUT2D eigenvalue weighted by atomic mass is 10.1. The number of rotatable bonds is 6. The fraction of sp³-hybridized carbons (Fsp3) is 0.455. The lowest BCUT2D eigenvalue weighted by Gasteiger charge is -2.11. The Morgan fingerprint density at radius 3 is 2.33 bits per heavy atom. The van der Waals surface area contributed by atoms with Gasteiger partial charge in [-0.1, -0.05) is 0 Å². The monoisotopic (exact) mass is 210 g/mol. The lowest BCUT2D eigenvalue weighted by Crippen LogP contribution is -2.08. The molecule has 1 aromatic rings. The number of benzene rings is 1. The highest BCUT2D eigenvalue weighted by Crippen LogP contribution is 2.19. The molecule has 0 spiro atoms. The summed E-state index contributed by atoms with van der Waals surface area (Å²) in [5.74, 6) is 0. The number of nitrogens with one attached hydrogen (secondary N) is 2. The van der Waals surface area contributed by atoms with E-state index in [0.29, 0.717) is 13.1 Å². The fourth-order valence-corrected chi connectivity index (χ4v) is 1.36. The molecule has 0 saturated carbocycles. The fourth-order valence-electron chi connectivity index (χ4n) is 1.36. The third kappa shape index (κ3) is 3.77. The van der Waals surface area contributed by atoms with Crippen molar-refractivity contribution in [3.63, 3.8) is 0 Å². The van der Waals surface area contributed by atoms with Crippen LogP contribution in [0, 0.1) is 6.92 Å². The van der Waals surface area contributed by atoms with Gasteiger partial charge in [-0.25, -0.2) is 0 Å². The Hall–Kier alpha value is -1.26. The van der Waals surface area contributed by atoms with E-state index >= 15 is 0 Å². The summed E-state index contributed by atoms with van der Waals surface area (Å²) in [7, 11) is 0. The highest BCUT2D eigenvalue weighted by atomic mass is 16.3. The average Bonchev–Trinajstić information content (AvgIpc) is 2.25. The predicted octanol–water partition coefficient (Wildman–Crippen LogP) is 0.803. The Labute approximate surface area is 89.9 Å². The molecule has 0 radical (unpaired) electrons. The summed E-state index contributed by atoms with van der Waals surface area (Å²) in [5.41, 5.74) is 3.14. The molecule has 0 amide bonds. The SMILES string of the molecule is Cc1cc(NCCO)ccc1NCCO. The Bertz CT molecular complexity index is 303. The third-order valence-electron chi connectivity index (χ3n) is 2.09. The van der Waals surface area contributed by atoms with E-state index in [-0.39, 0.29) is 13.2 Å². The van der Waals surface area contributed by atoms with Gasteiger partial charge in [0.25, 0.3) is 0 Å². The van der Waals surface area contributed by atoms with Crippen molar-refractivity contribution < 1.29 is 10.2 Å². The molecule has 84 valence electrons. The minimum atomic E-state index is 0.129. The van der Waals surface area contributed by atoms with E-state index in [0.717, 1.165) is 16.9 Å². The number of aryl methyl sites for hydroxylation is 1. The van der Waals surface area contributed by atoms with Crippen LogP contribution in [0.15, 0.2) is 18.2 Å². The maximum Gasteiger partial charge on any atom is 0.0604 e. The molecule has 0 unspecified atom stereocenters. The van der Waals surface area contributed by atoms with Gasteiger partial charge in [-0.2, -0.15) is 0 Å². The molecule has 0 fully saturated rings. The van der Waals surface area contributed by atoms with Crippen LogP contribution >= 0.6 is 0 Å². The summed E-state index contributed by atoms with van der Waals surface area (Å²) in [6.07, 6.45) is 0. The smallest absolute Gasteiger partial charge is 0.0604 e. The zero-order valence-corrected chi connectivity index (χ0v) is 8.95. The number of anilines is 2. The number of aliphatic hydroxyl groups excluding tert-OH is 2. The molecule has 0 saturated heterocycles. The molecule has 4 nitrogen and oxygen atoms in total. The van der Waals surface area contributed by atoms with Crippen molar-refractivity contribution in [3.8, 4) is 0 Å². The van der Waals surface area contributed by atoms with Crippen LogP contribution in [-0.4, -0.2) is 36.5 Å². The normalized spacial score (nSPS) is 10.1. The molecule has 1 aromatic carbocycles. The summed E-state index contributed by atoms with van der Waals surface area (Å²) >= 11 is 0. The maximum atomic E-state index is 8.69. The minimum absolute atomic E-state index is 0.129. The van der Waals surface area contributed by atoms with Crippen LogP contribution in [0.2, 0.25) is 0 Å². The average molecular weight is 210 g/mol. The van der Waals surface area contributed by atoms with Crippen LogP contribution in [0.25, 0.3) is 0 Å². The Morgan fingerprint density at radius 1 is 1.07 bits per heavy atom. The molecular formula is C11H18N2O2. The molecule has 1 rings (SSSR count). The van der Waals surface area contributed by atoms with Gasteiger partial charge in [0.2, 0.25) is 0 Å². The van der Waals surface area contributed by atoms with Gasteiger partial charge >= 0.3 is 0 Å². The van der Waals surface area contributed by atoms with E-state index in [1.165, 1.54) is 0 Å². The molecule has 0 bridgehead atoms. The second kappa shape index (κ2) is 6.27. The van der Waals surface area contributed by atoms with Gasteiger partial charge < -0.3 is 20.8 Å². The van der Waals surface area contributed by atoms with Crippen molar-refractivity contribution in [2.45, 2.75) is 6.92 Å². The summed E-state index contributed by atoms with van der Waals surface area (Å²) in [6.45, 7) is 3.38. The van der Waals surface area contributed by atoms with Crippen molar-refractivity contribution in [2.24, 2.45) is 0 Å². The van der Waals surface area contributed by atoms with Crippen LogP contribution in [0.3, 0.4) is 0 Å². The Kier molecular flexibility index (Phi) is 4.93. The van der Waals surface area contributed by atoms with E-state index < -0.39 is 0 Å². The Morgan fingerprint density at radius 2 is 1.73 bits per heavy atom. The Balaban J connectivity index is 2.61. The minimum Gasteiger partial charge on any atom is -0.395 e. The van der Waals surface area contributed by atoms with Gasteiger partial charge in [0.15, 0.2) is 0 Å². The van der Waals surface area contributed by atoms with E-state index in [4.69, 9.17) is 10.2 Å². The van der Waals surface area contributed by atoms with Crippen LogP contribution in [0.4, 0.5) is 11.4 Å². The van der Waals surface area contributed by atoms with Gasteiger partial charge in [0.1, 0.15) is 0 Å². The van der Waals surface area contributed by atoms with Crippen molar-refractivity contribution >= 4 is 11.4 Å². The molecule has 0 aromatic heterocycles. The third-order valence-corrected chi connectivity index (χ3v) is 2.09. The van der Waals surface area contributed by atoms with E-state index in [1.54, 1.807) is 0 Å². The quantitative estimate of drug-likeness (QED) is 0.561. The molecule has 0 aliphatic heterocycles. The van der Waals surface area contributed by atoms with Gasteiger partial charge in [0, 0.05) is 24.5 Å². The zero-order valence-electron chi connectivity index (χ0n) is 8.95. The lowest BCUT2D eigenvalue weighted by molar-refractivity contribution is 0.310. The molecule has 0 aliphatic rings. The first-order valence-corrected chi connectivity index (χ1v) is 5.08. The van der Waals surface area contributed by atoms with Crippen molar-refractivity contribution in [2.75, 3.05) is 36.9 Å². The van der Waals surface area contributed by atoms with Gasteiger partial charge in [-0.05, 0) is 30.7 Å². The largest absolute Gasteiger partial charge is 0.395 e. The van der Waals surface area contributed by atoms with Crippen molar-refractivity contribution in [1.29, 1.82) is 0 Å². The molecule has 4 N–H and O–H groups in total. The first-order valence-electron chi connectivity index (χ1n) is 5.08. The standard InChI is InChI=1S/C11H18N2O2/c1-9-8-10(12-4-6-14)2-3-11(9)13-5-7-15/h2-3,8,12-15H,4-7H2,1H3. The van der Waals surface area contributed by atoms with Crippen LogP contribution in [0.1, 0.15) is 5.56 Å². The van der Waals surface area contributed by atoms with E-state index in [9.17, 15) is 0 Å². The predicted molar refractivity (Wildman–Crippen MR) is 62.3 cm³/mol. The summed E-state index contributed by atoms with van der Waals surface area (Å²) in [5, 5.41) is 23.6. The summed E-state index contributed by atoms with van der Waals surface area (Å²) in [4.78, 5) is 0. The highest BCUT2D eigenvalue weighted by molar-refractivity contribution is 5.59. The van der Waals surface area contributed by atoms with E-state index in [1.807, 2.05) is 25.1 Å². The van der Waals surface area contributed by atoms with Crippen LogP contribution in [0.5, 0.6) is 0 Å². The molecule has 15 heavy (non-hydrogen) atoms. The number of aliphatic hydroxyl groups is 2. The summed E-state index contributed by atoms with van der Waals surface area (Å²) in [6, 6.07) is 5.92. The summed E-state index contributed by atoms with van der Waals surface area (Å²) < 4.78 is 0. The molecule has 0 atom stereocenters. The highest BCUT2D eigenvalue weighted by Gasteiger charge is 1.98. The molecular weight excluding hydrogens is 192 g/mol. The van der Waals surface area contributed by atoms with Crippen LogP contribution < -0.4 is 10.6 Å². The van der Waals surface area contributed by atoms with Crippen molar-refractivity contribution in [3.05, 3.63) is 23.8 Å². The van der Waals surface area contributed by atoms with Gasteiger partial charge in [0.05, 0.1) is 13.2 Å². The zero-order chi connectivity index (χ0) is 11.1.